The number of sulfonamides is 1. The van der Waals surface area contributed by atoms with Gasteiger partial charge in [-0.3, -0.25) is 9.10 Å². The first-order valence-corrected chi connectivity index (χ1v) is 9.57. The Bertz CT molecular complexity index is 869. The Morgan fingerprint density at radius 2 is 1.79 bits per heavy atom. The number of hydrogen-bond acceptors (Lipinski definition) is 3. The van der Waals surface area contributed by atoms with E-state index in [1.807, 2.05) is 0 Å². The van der Waals surface area contributed by atoms with Crippen molar-refractivity contribution >= 4 is 50.5 Å². The highest BCUT2D eigenvalue weighted by atomic mass is 35.5. The molecule has 0 heterocycles. The third-order valence-electron chi connectivity index (χ3n) is 3.28. The zero-order valence-electron chi connectivity index (χ0n) is 13.1. The molecule has 1 amide bonds. The van der Waals surface area contributed by atoms with Gasteiger partial charge < -0.3 is 5.32 Å². The normalized spacial score (nSPS) is 11.2. The standard InChI is InChI=1S/C16H16Cl2N2O3S/c1-11-5-3-4-6-15(11)20(24(2,22)23)10-16(21)19-12-7-8-13(17)14(18)9-12/h3-9H,10H2,1-2H3,(H,19,21). The van der Waals surface area contributed by atoms with Gasteiger partial charge in [-0.15, -0.1) is 0 Å². The van der Waals surface area contributed by atoms with Crippen molar-refractivity contribution in [2.45, 2.75) is 6.92 Å². The van der Waals surface area contributed by atoms with Crippen molar-refractivity contribution in [2.24, 2.45) is 0 Å². The van der Waals surface area contributed by atoms with E-state index in [2.05, 4.69) is 5.32 Å². The van der Waals surface area contributed by atoms with Gasteiger partial charge in [0, 0.05) is 5.69 Å². The largest absolute Gasteiger partial charge is 0.324 e. The van der Waals surface area contributed by atoms with Crippen LogP contribution in [0.3, 0.4) is 0 Å². The van der Waals surface area contributed by atoms with Crippen LogP contribution in [-0.2, 0) is 14.8 Å². The van der Waals surface area contributed by atoms with Crippen LogP contribution in [0.25, 0.3) is 0 Å². The number of para-hydroxylation sites is 1. The lowest BCUT2D eigenvalue weighted by Crippen LogP contribution is -2.37. The first-order valence-electron chi connectivity index (χ1n) is 6.97. The second-order valence-electron chi connectivity index (χ2n) is 5.23. The lowest BCUT2D eigenvalue weighted by atomic mass is 10.2. The molecule has 0 aliphatic rings. The van der Waals surface area contributed by atoms with Gasteiger partial charge in [0.15, 0.2) is 0 Å². The topological polar surface area (TPSA) is 66.5 Å². The average Bonchev–Trinajstić information content (AvgIpc) is 2.48. The van der Waals surface area contributed by atoms with Crippen molar-refractivity contribution in [3.05, 3.63) is 58.1 Å². The Balaban J connectivity index is 2.22. The van der Waals surface area contributed by atoms with Gasteiger partial charge in [0.1, 0.15) is 6.54 Å². The van der Waals surface area contributed by atoms with Crippen LogP contribution in [-0.4, -0.2) is 27.1 Å². The van der Waals surface area contributed by atoms with E-state index in [0.717, 1.165) is 16.1 Å². The van der Waals surface area contributed by atoms with Crippen molar-refractivity contribution < 1.29 is 13.2 Å². The summed E-state index contributed by atoms with van der Waals surface area (Å²) in [5, 5.41) is 3.28. The van der Waals surface area contributed by atoms with Crippen molar-refractivity contribution in [1.82, 2.24) is 0 Å². The van der Waals surface area contributed by atoms with Crippen molar-refractivity contribution in [3.8, 4) is 0 Å². The number of nitrogens with zero attached hydrogens (tertiary/aromatic N) is 1. The molecule has 0 saturated carbocycles. The molecule has 0 aliphatic carbocycles. The van der Waals surface area contributed by atoms with Crippen molar-refractivity contribution in [2.75, 3.05) is 22.4 Å². The summed E-state index contributed by atoms with van der Waals surface area (Å²) in [4.78, 5) is 12.3. The maximum Gasteiger partial charge on any atom is 0.245 e. The molecule has 0 fully saturated rings. The molecule has 0 atom stereocenters. The number of benzene rings is 2. The number of carbonyl (C=O) groups is 1. The minimum absolute atomic E-state index is 0.299. The maximum atomic E-state index is 12.3. The van der Waals surface area contributed by atoms with E-state index < -0.39 is 15.9 Å². The zero-order valence-corrected chi connectivity index (χ0v) is 15.4. The Hall–Kier alpha value is -1.76. The van der Waals surface area contributed by atoms with Gasteiger partial charge in [0.25, 0.3) is 0 Å². The van der Waals surface area contributed by atoms with Crippen LogP contribution in [0.2, 0.25) is 10.0 Å². The van der Waals surface area contributed by atoms with Gasteiger partial charge in [-0.1, -0.05) is 41.4 Å². The van der Waals surface area contributed by atoms with Crippen LogP contribution in [0.15, 0.2) is 42.5 Å². The number of halogens is 2. The van der Waals surface area contributed by atoms with Gasteiger partial charge in [-0.25, -0.2) is 8.42 Å². The number of aryl methyl sites for hydroxylation is 1. The fourth-order valence-electron chi connectivity index (χ4n) is 2.13. The summed E-state index contributed by atoms with van der Waals surface area (Å²) >= 11 is 11.7. The maximum absolute atomic E-state index is 12.3. The monoisotopic (exact) mass is 386 g/mol. The highest BCUT2D eigenvalue weighted by Crippen LogP contribution is 2.25. The van der Waals surface area contributed by atoms with E-state index in [1.165, 1.54) is 6.07 Å². The first kappa shape index (κ1) is 18.6. The Morgan fingerprint density at radius 3 is 2.38 bits per heavy atom. The van der Waals surface area contributed by atoms with E-state index in [9.17, 15) is 13.2 Å². The molecule has 24 heavy (non-hydrogen) atoms. The molecule has 2 rings (SSSR count). The van der Waals surface area contributed by atoms with Crippen LogP contribution in [0.1, 0.15) is 5.56 Å². The van der Waals surface area contributed by atoms with E-state index in [0.29, 0.717) is 21.4 Å². The fraction of sp³-hybridized carbons (Fsp3) is 0.188. The lowest BCUT2D eigenvalue weighted by molar-refractivity contribution is -0.114. The molecule has 0 aromatic heterocycles. The predicted molar refractivity (Wildman–Crippen MR) is 98.5 cm³/mol. The number of amides is 1. The minimum atomic E-state index is -3.62. The van der Waals surface area contributed by atoms with Gasteiger partial charge in [0.05, 0.1) is 22.0 Å². The molecule has 0 saturated heterocycles. The molecule has 0 bridgehead atoms. The van der Waals surface area contributed by atoms with Crippen LogP contribution < -0.4 is 9.62 Å². The minimum Gasteiger partial charge on any atom is -0.324 e. The summed E-state index contributed by atoms with van der Waals surface area (Å²) in [6.45, 7) is 1.44. The highest BCUT2D eigenvalue weighted by molar-refractivity contribution is 7.92. The van der Waals surface area contributed by atoms with Gasteiger partial charge in [-0.2, -0.15) is 0 Å². The first-order chi connectivity index (χ1) is 11.2. The van der Waals surface area contributed by atoms with Crippen molar-refractivity contribution in [3.63, 3.8) is 0 Å². The molecule has 0 spiro atoms. The van der Waals surface area contributed by atoms with E-state index in [1.54, 1.807) is 43.3 Å². The number of hydrogen-bond donors (Lipinski definition) is 1. The molecule has 5 nitrogen and oxygen atoms in total. The molecule has 1 N–H and O–H groups in total. The molecular weight excluding hydrogens is 371 g/mol. The fourth-order valence-corrected chi connectivity index (χ4v) is 3.34. The van der Waals surface area contributed by atoms with E-state index in [-0.39, 0.29) is 6.54 Å². The number of nitrogens with one attached hydrogen (secondary N) is 1. The third kappa shape index (κ3) is 4.63. The molecule has 2 aromatic carbocycles. The number of rotatable bonds is 5. The predicted octanol–water partition coefficient (Wildman–Crippen LogP) is 3.71. The Kier molecular flexibility index (Phi) is 5.74. The molecule has 0 radical (unpaired) electrons. The Labute approximate surface area is 151 Å². The quantitative estimate of drug-likeness (QED) is 0.851. The van der Waals surface area contributed by atoms with Gasteiger partial charge in [0.2, 0.25) is 15.9 Å². The summed E-state index contributed by atoms with van der Waals surface area (Å²) in [7, 11) is -3.62. The molecule has 0 aliphatic heterocycles. The van der Waals surface area contributed by atoms with Crippen LogP contribution in [0.5, 0.6) is 0 Å². The van der Waals surface area contributed by atoms with Crippen LogP contribution >= 0.6 is 23.2 Å². The molecule has 128 valence electrons. The van der Waals surface area contributed by atoms with Gasteiger partial charge in [-0.05, 0) is 36.8 Å². The Morgan fingerprint density at radius 1 is 1.12 bits per heavy atom. The van der Waals surface area contributed by atoms with Crippen molar-refractivity contribution in [1.29, 1.82) is 0 Å². The zero-order chi connectivity index (χ0) is 17.9. The summed E-state index contributed by atoms with van der Waals surface area (Å²) < 4.78 is 25.2. The van der Waals surface area contributed by atoms with Crippen LogP contribution in [0.4, 0.5) is 11.4 Å². The SMILES string of the molecule is Cc1ccccc1N(CC(=O)Nc1ccc(Cl)c(Cl)c1)S(C)(=O)=O. The second kappa shape index (κ2) is 7.42. The van der Waals surface area contributed by atoms with Crippen LogP contribution in [0, 0.1) is 6.92 Å². The lowest BCUT2D eigenvalue weighted by Gasteiger charge is -2.23. The van der Waals surface area contributed by atoms with E-state index >= 15 is 0 Å². The number of anilines is 2. The number of carbonyl (C=O) groups excluding carboxylic acids is 1. The summed E-state index contributed by atoms with van der Waals surface area (Å²) in [6, 6.07) is 11.6. The smallest absolute Gasteiger partial charge is 0.245 e. The molecular formula is C16H16Cl2N2O3S. The highest BCUT2D eigenvalue weighted by Gasteiger charge is 2.22. The summed E-state index contributed by atoms with van der Waals surface area (Å²) in [6.07, 6.45) is 1.06. The van der Waals surface area contributed by atoms with E-state index in [4.69, 9.17) is 23.2 Å². The third-order valence-corrected chi connectivity index (χ3v) is 5.14. The molecule has 0 unspecified atom stereocenters. The summed E-state index contributed by atoms with van der Waals surface area (Å²) in [5.74, 6) is -0.484. The van der Waals surface area contributed by atoms with Gasteiger partial charge >= 0.3 is 0 Å². The second-order valence-corrected chi connectivity index (χ2v) is 7.95. The molecule has 2 aromatic rings. The average molecular weight is 387 g/mol. The summed E-state index contributed by atoms with van der Waals surface area (Å²) in [5.41, 5.74) is 1.65. The molecule has 8 heteroatoms.